The molecule has 0 unspecified atom stereocenters. The van der Waals surface area contributed by atoms with E-state index in [4.69, 9.17) is 0 Å². The maximum Gasteiger partial charge on any atom is 0.342 e. The van der Waals surface area contributed by atoms with E-state index in [0.29, 0.717) is 23.5 Å². The maximum atomic E-state index is 12.6. The average molecular weight is 394 g/mol. The van der Waals surface area contributed by atoms with E-state index in [1.54, 1.807) is 18.2 Å². The van der Waals surface area contributed by atoms with E-state index in [2.05, 4.69) is 22.3 Å². The van der Waals surface area contributed by atoms with Gasteiger partial charge in [0.2, 0.25) is 5.91 Å². The second-order valence-electron chi connectivity index (χ2n) is 7.82. The number of benzene rings is 1. The molecule has 1 aromatic heterocycles. The highest BCUT2D eigenvalue weighted by Gasteiger charge is 2.30. The fraction of sp³-hybridized carbons (Fsp3) is 0.409. The molecule has 2 fully saturated rings. The van der Waals surface area contributed by atoms with Crippen molar-refractivity contribution in [2.75, 3.05) is 11.9 Å². The summed E-state index contributed by atoms with van der Waals surface area (Å²) in [7, 11) is 0. The molecule has 152 valence electrons. The van der Waals surface area contributed by atoms with Crippen molar-refractivity contribution in [1.82, 2.24) is 15.1 Å². The van der Waals surface area contributed by atoms with Crippen molar-refractivity contribution >= 4 is 17.6 Å². The summed E-state index contributed by atoms with van der Waals surface area (Å²) >= 11 is 0. The van der Waals surface area contributed by atoms with Gasteiger partial charge in [0.25, 0.3) is 0 Å². The lowest BCUT2D eigenvalue weighted by atomic mass is 10.0. The fourth-order valence-electron chi connectivity index (χ4n) is 3.85. The van der Waals surface area contributed by atoms with Gasteiger partial charge in [-0.15, -0.1) is 6.58 Å². The van der Waals surface area contributed by atoms with Crippen LogP contribution >= 0.6 is 0 Å². The summed E-state index contributed by atoms with van der Waals surface area (Å²) in [4.78, 5) is 24.5. The van der Waals surface area contributed by atoms with Crippen LogP contribution in [0.5, 0.6) is 5.75 Å². The first-order valence-electron chi connectivity index (χ1n) is 10.2. The molecule has 2 amide bonds. The lowest BCUT2D eigenvalue weighted by Gasteiger charge is -2.11. The summed E-state index contributed by atoms with van der Waals surface area (Å²) in [5.41, 5.74) is 2.49. The number of rotatable bonds is 6. The van der Waals surface area contributed by atoms with E-state index >= 15 is 0 Å². The Morgan fingerprint density at radius 1 is 1.21 bits per heavy atom. The van der Waals surface area contributed by atoms with Crippen LogP contribution in [0, 0.1) is 5.92 Å². The van der Waals surface area contributed by atoms with E-state index in [1.807, 2.05) is 6.07 Å². The number of carbonyl (C=O) groups excluding carboxylic acids is 2. The molecular formula is C22H26N4O3. The second-order valence-corrected chi connectivity index (χ2v) is 7.82. The summed E-state index contributed by atoms with van der Waals surface area (Å²) in [5.74, 6) is 0.386. The minimum atomic E-state index is -0.300. The van der Waals surface area contributed by atoms with Crippen LogP contribution < -0.4 is 10.6 Å². The van der Waals surface area contributed by atoms with Gasteiger partial charge in [-0.25, -0.2) is 4.79 Å². The van der Waals surface area contributed by atoms with Gasteiger partial charge in [-0.05, 0) is 43.9 Å². The Labute approximate surface area is 169 Å². The monoisotopic (exact) mass is 394 g/mol. The first kappa shape index (κ1) is 19.2. The van der Waals surface area contributed by atoms with Crippen LogP contribution in [0.25, 0.3) is 11.3 Å². The number of hydrogen-bond donors (Lipinski definition) is 3. The van der Waals surface area contributed by atoms with Gasteiger partial charge in [0.15, 0.2) is 0 Å². The number of anilines is 1. The smallest absolute Gasteiger partial charge is 0.342 e. The number of phenolic OH excluding ortho intramolecular Hbond substituents is 1. The van der Waals surface area contributed by atoms with Gasteiger partial charge in [0, 0.05) is 35.7 Å². The molecule has 4 rings (SSSR count). The third-order valence-electron chi connectivity index (χ3n) is 5.59. The van der Waals surface area contributed by atoms with E-state index < -0.39 is 0 Å². The zero-order valence-electron chi connectivity index (χ0n) is 16.4. The van der Waals surface area contributed by atoms with Crippen LogP contribution in [0.2, 0.25) is 0 Å². The predicted octanol–water partition coefficient (Wildman–Crippen LogP) is 4.01. The molecule has 1 aromatic carbocycles. The highest BCUT2D eigenvalue weighted by atomic mass is 16.3. The minimum absolute atomic E-state index is 0.0103. The summed E-state index contributed by atoms with van der Waals surface area (Å²) in [6, 6.07) is 6.60. The van der Waals surface area contributed by atoms with Crippen molar-refractivity contribution in [3.05, 3.63) is 42.6 Å². The van der Waals surface area contributed by atoms with Crippen molar-refractivity contribution in [2.45, 2.75) is 44.4 Å². The van der Waals surface area contributed by atoms with Crippen molar-refractivity contribution in [3.8, 4) is 17.0 Å². The molecule has 2 aliphatic rings. The Morgan fingerprint density at radius 3 is 2.62 bits per heavy atom. The normalized spacial score (nSPS) is 16.6. The number of nitrogens with zero attached hydrogens (tertiary/aromatic N) is 2. The molecule has 2 saturated carbocycles. The molecule has 2 aromatic rings. The van der Waals surface area contributed by atoms with Crippen LogP contribution in [0.4, 0.5) is 10.5 Å². The molecule has 0 saturated heterocycles. The topological polar surface area (TPSA) is 96.3 Å². The van der Waals surface area contributed by atoms with Crippen molar-refractivity contribution < 1.29 is 14.7 Å². The SMILES string of the molecule is C=CCNC(=O)n1nc(-c2ccc(NC(=O)C3CC3)cc2O)cc1C1CCCC1. The van der Waals surface area contributed by atoms with Crippen molar-refractivity contribution in [3.63, 3.8) is 0 Å². The highest BCUT2D eigenvalue weighted by Crippen LogP contribution is 2.38. The Balaban J connectivity index is 1.62. The third-order valence-corrected chi connectivity index (χ3v) is 5.59. The van der Waals surface area contributed by atoms with Crippen LogP contribution in [0.3, 0.4) is 0 Å². The summed E-state index contributed by atoms with van der Waals surface area (Å²) in [6.07, 6.45) is 7.80. The summed E-state index contributed by atoms with van der Waals surface area (Å²) in [6.45, 7) is 3.99. The van der Waals surface area contributed by atoms with Gasteiger partial charge in [0.05, 0.1) is 11.4 Å². The zero-order chi connectivity index (χ0) is 20.4. The Bertz CT molecular complexity index is 940. The van der Waals surface area contributed by atoms with Crippen LogP contribution in [-0.2, 0) is 4.79 Å². The fourth-order valence-corrected chi connectivity index (χ4v) is 3.85. The van der Waals surface area contributed by atoms with Crippen LogP contribution in [0.15, 0.2) is 36.9 Å². The number of nitrogens with one attached hydrogen (secondary N) is 2. The van der Waals surface area contributed by atoms with Gasteiger partial charge >= 0.3 is 6.03 Å². The van der Waals surface area contributed by atoms with Gasteiger partial charge in [-0.3, -0.25) is 4.79 Å². The lowest BCUT2D eigenvalue weighted by molar-refractivity contribution is -0.117. The van der Waals surface area contributed by atoms with E-state index in [1.165, 1.54) is 10.7 Å². The Hall–Kier alpha value is -3.09. The molecule has 29 heavy (non-hydrogen) atoms. The minimum Gasteiger partial charge on any atom is -0.507 e. The van der Waals surface area contributed by atoms with E-state index in [9.17, 15) is 14.7 Å². The lowest BCUT2D eigenvalue weighted by Crippen LogP contribution is -2.31. The Kier molecular flexibility index (Phi) is 5.38. The molecule has 0 atom stereocenters. The van der Waals surface area contributed by atoms with E-state index in [-0.39, 0.29) is 29.5 Å². The average Bonchev–Trinajstić information content (AvgIpc) is 3.24. The Morgan fingerprint density at radius 2 is 1.97 bits per heavy atom. The molecule has 7 nitrogen and oxygen atoms in total. The standard InChI is InChI=1S/C22H26N4O3/c1-2-11-23-22(29)26-19(14-5-3-4-6-14)13-18(25-26)17-10-9-16(12-20(17)27)24-21(28)15-7-8-15/h2,9-10,12-15,27H,1,3-8,11H2,(H,23,29)(H,24,28). The number of carbonyl (C=O) groups is 2. The molecule has 2 aliphatic carbocycles. The zero-order valence-corrected chi connectivity index (χ0v) is 16.4. The molecule has 3 N–H and O–H groups in total. The molecular weight excluding hydrogens is 368 g/mol. The van der Waals surface area contributed by atoms with Crippen molar-refractivity contribution in [1.29, 1.82) is 0 Å². The molecule has 0 radical (unpaired) electrons. The van der Waals surface area contributed by atoms with Gasteiger partial charge in [-0.2, -0.15) is 9.78 Å². The summed E-state index contributed by atoms with van der Waals surface area (Å²) in [5, 5.41) is 20.6. The van der Waals surface area contributed by atoms with Gasteiger partial charge < -0.3 is 15.7 Å². The number of amides is 2. The number of aromatic nitrogens is 2. The number of phenols is 1. The number of aromatic hydroxyl groups is 1. The number of hydrogen-bond acceptors (Lipinski definition) is 4. The van der Waals surface area contributed by atoms with Gasteiger partial charge in [0.1, 0.15) is 5.75 Å². The molecule has 0 aliphatic heterocycles. The van der Waals surface area contributed by atoms with Crippen LogP contribution in [0.1, 0.15) is 50.1 Å². The molecule has 7 heteroatoms. The van der Waals surface area contributed by atoms with Gasteiger partial charge in [-0.1, -0.05) is 18.9 Å². The molecule has 0 spiro atoms. The largest absolute Gasteiger partial charge is 0.507 e. The predicted molar refractivity (Wildman–Crippen MR) is 111 cm³/mol. The first-order valence-corrected chi connectivity index (χ1v) is 10.2. The molecule has 0 bridgehead atoms. The quantitative estimate of drug-likeness (QED) is 0.645. The van der Waals surface area contributed by atoms with E-state index in [0.717, 1.165) is 44.2 Å². The maximum absolute atomic E-state index is 12.6. The van der Waals surface area contributed by atoms with Crippen molar-refractivity contribution in [2.24, 2.45) is 5.92 Å². The van der Waals surface area contributed by atoms with Crippen LogP contribution in [-0.4, -0.2) is 33.4 Å². The summed E-state index contributed by atoms with van der Waals surface area (Å²) < 4.78 is 1.41. The third kappa shape index (κ3) is 4.18. The first-order chi connectivity index (χ1) is 14.1. The second kappa shape index (κ2) is 8.11. The highest BCUT2D eigenvalue weighted by molar-refractivity contribution is 5.94. The molecule has 1 heterocycles.